The van der Waals surface area contributed by atoms with Crippen LogP contribution >= 0.6 is 0 Å². The Bertz CT molecular complexity index is 157. The predicted molar refractivity (Wildman–Crippen MR) is 52.4 cm³/mol. The van der Waals surface area contributed by atoms with E-state index in [9.17, 15) is 4.79 Å². The number of hydrogen-bond donors (Lipinski definition) is 0. The van der Waals surface area contributed by atoms with Gasteiger partial charge in [-0.15, -0.1) is 0 Å². The van der Waals surface area contributed by atoms with E-state index in [2.05, 4.69) is 0 Å². The smallest absolute Gasteiger partial charge is 0.308 e. The molecule has 0 spiro atoms. The highest BCUT2D eigenvalue weighted by molar-refractivity contribution is 5.72. The zero-order valence-corrected chi connectivity index (χ0v) is 8.71. The Balaban J connectivity index is 2.14. The molecule has 0 radical (unpaired) electrons. The minimum Gasteiger partial charge on any atom is -0.465 e. The van der Waals surface area contributed by atoms with Gasteiger partial charge in [-0.1, -0.05) is 20.3 Å². The van der Waals surface area contributed by atoms with Gasteiger partial charge in [-0.25, -0.2) is 0 Å². The number of carbonyl (C=O) groups excluding carboxylic acids is 1. The molecule has 1 fully saturated rings. The Hall–Kier alpha value is -0.530. The Labute approximate surface area is 80.7 Å². The van der Waals surface area contributed by atoms with Crippen molar-refractivity contribution in [1.29, 1.82) is 0 Å². The first kappa shape index (κ1) is 10.6. The Morgan fingerprint density at radius 2 is 2.00 bits per heavy atom. The highest BCUT2D eigenvalue weighted by Gasteiger charge is 2.21. The molecule has 0 unspecified atom stereocenters. The molecular weight excluding hydrogens is 164 g/mol. The minimum atomic E-state index is 0.0110. The van der Waals surface area contributed by atoms with Gasteiger partial charge in [0.15, 0.2) is 0 Å². The SMILES string of the molecule is CCC(CC)C(=O)OCC1CCC1. The number of ether oxygens (including phenoxy) is 1. The summed E-state index contributed by atoms with van der Waals surface area (Å²) < 4.78 is 5.25. The highest BCUT2D eigenvalue weighted by Crippen LogP contribution is 2.26. The van der Waals surface area contributed by atoms with Crippen molar-refractivity contribution in [3.63, 3.8) is 0 Å². The molecule has 1 aliphatic carbocycles. The maximum atomic E-state index is 11.4. The van der Waals surface area contributed by atoms with Gasteiger partial charge >= 0.3 is 5.97 Å². The largest absolute Gasteiger partial charge is 0.465 e. The van der Waals surface area contributed by atoms with Crippen LogP contribution in [0.15, 0.2) is 0 Å². The van der Waals surface area contributed by atoms with E-state index in [1.807, 2.05) is 13.8 Å². The van der Waals surface area contributed by atoms with E-state index in [0.29, 0.717) is 12.5 Å². The van der Waals surface area contributed by atoms with Crippen molar-refractivity contribution < 1.29 is 9.53 Å². The van der Waals surface area contributed by atoms with Crippen LogP contribution in [-0.4, -0.2) is 12.6 Å². The van der Waals surface area contributed by atoms with E-state index < -0.39 is 0 Å². The molecule has 13 heavy (non-hydrogen) atoms. The monoisotopic (exact) mass is 184 g/mol. The lowest BCUT2D eigenvalue weighted by molar-refractivity contribution is -0.151. The van der Waals surface area contributed by atoms with Gasteiger partial charge in [0.2, 0.25) is 0 Å². The van der Waals surface area contributed by atoms with E-state index in [0.717, 1.165) is 12.8 Å². The van der Waals surface area contributed by atoms with Gasteiger partial charge in [0.1, 0.15) is 0 Å². The van der Waals surface area contributed by atoms with E-state index in [-0.39, 0.29) is 11.9 Å². The fourth-order valence-corrected chi connectivity index (χ4v) is 1.60. The van der Waals surface area contributed by atoms with Crippen molar-refractivity contribution in [3.05, 3.63) is 0 Å². The van der Waals surface area contributed by atoms with Crippen LogP contribution in [0.25, 0.3) is 0 Å². The molecule has 0 aromatic heterocycles. The van der Waals surface area contributed by atoms with Gasteiger partial charge in [-0.2, -0.15) is 0 Å². The van der Waals surface area contributed by atoms with Gasteiger partial charge in [0, 0.05) is 0 Å². The van der Waals surface area contributed by atoms with Crippen LogP contribution in [0.2, 0.25) is 0 Å². The fraction of sp³-hybridized carbons (Fsp3) is 0.909. The van der Waals surface area contributed by atoms with Crippen LogP contribution in [0.5, 0.6) is 0 Å². The van der Waals surface area contributed by atoms with E-state index >= 15 is 0 Å². The topological polar surface area (TPSA) is 26.3 Å². The number of hydrogen-bond acceptors (Lipinski definition) is 2. The summed E-state index contributed by atoms with van der Waals surface area (Å²) in [4.78, 5) is 11.4. The summed E-state index contributed by atoms with van der Waals surface area (Å²) in [7, 11) is 0. The van der Waals surface area contributed by atoms with Crippen LogP contribution < -0.4 is 0 Å². The normalized spacial score (nSPS) is 17.2. The first-order valence-electron chi connectivity index (χ1n) is 5.44. The van der Waals surface area contributed by atoms with Crippen molar-refractivity contribution >= 4 is 5.97 Å². The zero-order valence-electron chi connectivity index (χ0n) is 8.71. The zero-order chi connectivity index (χ0) is 9.68. The maximum absolute atomic E-state index is 11.4. The molecule has 0 aromatic carbocycles. The second kappa shape index (κ2) is 5.25. The summed E-state index contributed by atoms with van der Waals surface area (Å²) in [5.41, 5.74) is 0. The van der Waals surface area contributed by atoms with Gasteiger partial charge in [0.25, 0.3) is 0 Å². The molecule has 2 heteroatoms. The van der Waals surface area contributed by atoms with Crippen LogP contribution in [0.3, 0.4) is 0 Å². The van der Waals surface area contributed by atoms with Crippen molar-refractivity contribution in [2.75, 3.05) is 6.61 Å². The molecule has 0 heterocycles. The number of esters is 1. The average molecular weight is 184 g/mol. The van der Waals surface area contributed by atoms with Crippen molar-refractivity contribution in [2.45, 2.75) is 46.0 Å². The Morgan fingerprint density at radius 1 is 1.38 bits per heavy atom. The van der Waals surface area contributed by atoms with Crippen LogP contribution in [0.1, 0.15) is 46.0 Å². The van der Waals surface area contributed by atoms with Crippen LogP contribution in [-0.2, 0) is 9.53 Å². The molecular formula is C11H20O2. The van der Waals surface area contributed by atoms with Gasteiger partial charge in [-0.05, 0) is 31.6 Å². The van der Waals surface area contributed by atoms with E-state index in [1.54, 1.807) is 0 Å². The van der Waals surface area contributed by atoms with Crippen molar-refractivity contribution in [1.82, 2.24) is 0 Å². The second-order valence-corrected chi connectivity index (χ2v) is 3.94. The quantitative estimate of drug-likeness (QED) is 0.614. The fourth-order valence-electron chi connectivity index (χ4n) is 1.60. The van der Waals surface area contributed by atoms with Crippen LogP contribution in [0, 0.1) is 11.8 Å². The average Bonchev–Trinajstić information content (AvgIpc) is 2.04. The van der Waals surface area contributed by atoms with Gasteiger partial charge < -0.3 is 4.74 Å². The second-order valence-electron chi connectivity index (χ2n) is 3.94. The summed E-state index contributed by atoms with van der Waals surface area (Å²) in [6, 6.07) is 0. The lowest BCUT2D eigenvalue weighted by Crippen LogP contribution is -2.23. The molecule has 1 rings (SSSR count). The van der Waals surface area contributed by atoms with E-state index in [4.69, 9.17) is 4.74 Å². The molecule has 0 aromatic rings. The molecule has 0 amide bonds. The highest BCUT2D eigenvalue weighted by atomic mass is 16.5. The molecule has 0 N–H and O–H groups in total. The number of rotatable bonds is 5. The summed E-state index contributed by atoms with van der Waals surface area (Å²) in [6.45, 7) is 4.74. The lowest BCUT2D eigenvalue weighted by Gasteiger charge is -2.25. The predicted octanol–water partition coefficient (Wildman–Crippen LogP) is 2.77. The summed E-state index contributed by atoms with van der Waals surface area (Å²) >= 11 is 0. The standard InChI is InChI=1S/C11H20O2/c1-3-10(4-2)11(12)13-8-9-6-5-7-9/h9-10H,3-8H2,1-2H3. The molecule has 76 valence electrons. The Morgan fingerprint density at radius 3 is 2.38 bits per heavy atom. The molecule has 0 atom stereocenters. The maximum Gasteiger partial charge on any atom is 0.308 e. The minimum absolute atomic E-state index is 0.0110. The molecule has 1 aliphatic rings. The van der Waals surface area contributed by atoms with Crippen LogP contribution in [0.4, 0.5) is 0 Å². The van der Waals surface area contributed by atoms with Gasteiger partial charge in [-0.3, -0.25) is 4.79 Å². The summed E-state index contributed by atoms with van der Waals surface area (Å²) in [6.07, 6.45) is 5.61. The van der Waals surface area contributed by atoms with Crippen molar-refractivity contribution in [3.8, 4) is 0 Å². The first-order valence-corrected chi connectivity index (χ1v) is 5.44. The molecule has 1 saturated carbocycles. The third-order valence-corrected chi connectivity index (χ3v) is 3.00. The molecule has 0 saturated heterocycles. The van der Waals surface area contributed by atoms with Gasteiger partial charge in [0.05, 0.1) is 12.5 Å². The first-order chi connectivity index (χ1) is 6.27. The van der Waals surface area contributed by atoms with E-state index in [1.165, 1.54) is 19.3 Å². The lowest BCUT2D eigenvalue weighted by atomic mass is 9.86. The third-order valence-electron chi connectivity index (χ3n) is 3.00. The molecule has 0 aliphatic heterocycles. The molecule has 2 nitrogen and oxygen atoms in total. The summed E-state index contributed by atoms with van der Waals surface area (Å²) in [5, 5.41) is 0. The number of carbonyl (C=O) groups is 1. The Kier molecular flexibility index (Phi) is 4.26. The summed E-state index contributed by atoms with van der Waals surface area (Å²) in [5.74, 6) is 0.801. The molecule has 0 bridgehead atoms. The van der Waals surface area contributed by atoms with Crippen molar-refractivity contribution in [2.24, 2.45) is 11.8 Å². The third kappa shape index (κ3) is 3.02.